The minimum atomic E-state index is 0.493. The van der Waals surface area contributed by atoms with Gasteiger partial charge in [-0.3, -0.25) is 0 Å². The Balaban J connectivity index is 2.93. The molecule has 0 atom stereocenters. The molecule has 3 heteroatoms. The Bertz CT molecular complexity index is 286. The first-order valence-corrected chi connectivity index (χ1v) is 5.55. The molecule has 0 heterocycles. The summed E-state index contributed by atoms with van der Waals surface area (Å²) >= 11 is 5.13. The van der Waals surface area contributed by atoms with E-state index < -0.39 is 0 Å². The van der Waals surface area contributed by atoms with Crippen LogP contribution in [0.25, 0.3) is 0 Å². The van der Waals surface area contributed by atoms with Crippen molar-refractivity contribution in [1.82, 2.24) is 0 Å². The van der Waals surface area contributed by atoms with E-state index in [1.165, 1.54) is 4.90 Å². The normalized spacial score (nSPS) is 9.83. The number of benzene rings is 1. The van der Waals surface area contributed by atoms with Crippen molar-refractivity contribution in [2.45, 2.75) is 11.3 Å². The molecule has 0 N–H and O–H groups in total. The first-order chi connectivity index (χ1) is 5.77. The average molecular weight is 245 g/mol. The van der Waals surface area contributed by atoms with Gasteiger partial charge < -0.3 is 4.79 Å². The van der Waals surface area contributed by atoms with Crippen LogP contribution in [0.1, 0.15) is 5.56 Å². The van der Waals surface area contributed by atoms with Crippen LogP contribution in [0.4, 0.5) is 0 Å². The van der Waals surface area contributed by atoms with Crippen LogP contribution in [0, 0.1) is 0 Å². The lowest BCUT2D eigenvalue weighted by atomic mass is 10.2. The summed E-state index contributed by atoms with van der Waals surface area (Å²) in [7, 11) is 0. The summed E-state index contributed by atoms with van der Waals surface area (Å²) in [5.74, 6) is 0. The number of halogens is 1. The van der Waals surface area contributed by atoms with Gasteiger partial charge in [0, 0.05) is 15.8 Å². The Kier molecular flexibility index (Phi) is 3.82. The third kappa shape index (κ3) is 2.35. The fourth-order valence-electron chi connectivity index (χ4n) is 0.933. The van der Waals surface area contributed by atoms with Gasteiger partial charge in [-0.2, -0.15) is 0 Å². The lowest BCUT2D eigenvalue weighted by Gasteiger charge is -2.01. The van der Waals surface area contributed by atoms with Crippen LogP contribution in [-0.2, 0) is 11.2 Å². The number of hydrogen-bond acceptors (Lipinski definition) is 2. The molecule has 0 spiro atoms. The van der Waals surface area contributed by atoms with E-state index >= 15 is 0 Å². The van der Waals surface area contributed by atoms with Crippen molar-refractivity contribution in [3.63, 3.8) is 0 Å². The number of thioether (sulfide) groups is 1. The van der Waals surface area contributed by atoms with E-state index in [0.29, 0.717) is 6.42 Å². The second kappa shape index (κ2) is 4.67. The van der Waals surface area contributed by atoms with E-state index in [4.69, 9.17) is 0 Å². The van der Waals surface area contributed by atoms with Gasteiger partial charge in [-0.25, -0.2) is 0 Å². The van der Waals surface area contributed by atoms with Crippen LogP contribution in [0.15, 0.2) is 27.6 Å². The summed E-state index contributed by atoms with van der Waals surface area (Å²) in [6.45, 7) is 0. The van der Waals surface area contributed by atoms with Crippen LogP contribution >= 0.6 is 27.7 Å². The minimum absolute atomic E-state index is 0.493. The van der Waals surface area contributed by atoms with Crippen LogP contribution in [-0.4, -0.2) is 12.5 Å². The van der Waals surface area contributed by atoms with Gasteiger partial charge >= 0.3 is 0 Å². The first kappa shape index (κ1) is 9.81. The topological polar surface area (TPSA) is 17.1 Å². The van der Waals surface area contributed by atoms with Gasteiger partial charge in [-0.05, 0) is 39.9 Å². The van der Waals surface area contributed by atoms with Gasteiger partial charge in [0.25, 0.3) is 0 Å². The standard InChI is InChI=1S/C9H9BrOS/c1-12-9-3-2-7(4-5-11)6-8(9)10/h2-3,5-6H,4H2,1H3. The van der Waals surface area contributed by atoms with E-state index in [1.807, 2.05) is 24.5 Å². The summed E-state index contributed by atoms with van der Waals surface area (Å²) in [5, 5.41) is 0. The summed E-state index contributed by atoms with van der Waals surface area (Å²) in [4.78, 5) is 11.4. The van der Waals surface area contributed by atoms with Crippen molar-refractivity contribution >= 4 is 34.0 Å². The van der Waals surface area contributed by atoms with Crippen molar-refractivity contribution in [2.24, 2.45) is 0 Å². The predicted molar refractivity (Wildman–Crippen MR) is 55.7 cm³/mol. The van der Waals surface area contributed by atoms with Crippen LogP contribution in [0.3, 0.4) is 0 Å². The van der Waals surface area contributed by atoms with Gasteiger partial charge in [0.1, 0.15) is 6.29 Å². The van der Waals surface area contributed by atoms with Crippen molar-refractivity contribution in [1.29, 1.82) is 0 Å². The third-order valence-electron chi connectivity index (χ3n) is 1.54. The molecule has 0 radical (unpaired) electrons. The quantitative estimate of drug-likeness (QED) is 0.601. The highest BCUT2D eigenvalue weighted by atomic mass is 79.9. The van der Waals surface area contributed by atoms with E-state index in [-0.39, 0.29) is 0 Å². The molecule has 1 rings (SSSR count). The molecule has 64 valence electrons. The minimum Gasteiger partial charge on any atom is -0.303 e. The number of hydrogen-bond donors (Lipinski definition) is 0. The number of carbonyl (C=O) groups excluding carboxylic acids is 1. The second-order valence-corrected chi connectivity index (χ2v) is 4.04. The number of carbonyl (C=O) groups is 1. The van der Waals surface area contributed by atoms with Crippen LogP contribution in [0.2, 0.25) is 0 Å². The van der Waals surface area contributed by atoms with Crippen molar-refractivity contribution < 1.29 is 4.79 Å². The molecule has 0 saturated heterocycles. The number of rotatable bonds is 3. The van der Waals surface area contributed by atoms with Crippen molar-refractivity contribution in [2.75, 3.05) is 6.26 Å². The van der Waals surface area contributed by atoms with Crippen LogP contribution in [0.5, 0.6) is 0 Å². The van der Waals surface area contributed by atoms with E-state index in [0.717, 1.165) is 16.3 Å². The van der Waals surface area contributed by atoms with E-state index in [9.17, 15) is 4.79 Å². The van der Waals surface area contributed by atoms with Gasteiger partial charge in [-0.1, -0.05) is 6.07 Å². The smallest absolute Gasteiger partial charge is 0.124 e. The summed E-state index contributed by atoms with van der Waals surface area (Å²) < 4.78 is 1.06. The molecule has 0 aliphatic rings. The number of aldehydes is 1. The zero-order valence-corrected chi connectivity index (χ0v) is 9.11. The molecule has 0 unspecified atom stereocenters. The van der Waals surface area contributed by atoms with Gasteiger partial charge in [0.05, 0.1) is 0 Å². The summed E-state index contributed by atoms with van der Waals surface area (Å²) in [6, 6.07) is 5.98. The zero-order chi connectivity index (χ0) is 8.97. The summed E-state index contributed by atoms with van der Waals surface area (Å²) in [5.41, 5.74) is 1.05. The lowest BCUT2D eigenvalue weighted by molar-refractivity contribution is -0.107. The van der Waals surface area contributed by atoms with Crippen molar-refractivity contribution in [3.8, 4) is 0 Å². The Morgan fingerprint density at radius 3 is 2.83 bits per heavy atom. The molecule has 0 saturated carbocycles. The molecule has 0 aliphatic carbocycles. The maximum absolute atomic E-state index is 10.2. The molecule has 1 aromatic carbocycles. The average Bonchev–Trinajstić information content (AvgIpc) is 2.05. The monoisotopic (exact) mass is 244 g/mol. The maximum atomic E-state index is 10.2. The molecule has 0 bridgehead atoms. The third-order valence-corrected chi connectivity index (χ3v) is 3.25. The zero-order valence-electron chi connectivity index (χ0n) is 6.71. The Labute approximate surface area is 84.7 Å². The first-order valence-electron chi connectivity index (χ1n) is 3.54. The van der Waals surface area contributed by atoms with Crippen LogP contribution < -0.4 is 0 Å². The highest BCUT2D eigenvalue weighted by Crippen LogP contribution is 2.26. The molecular weight excluding hydrogens is 236 g/mol. The molecular formula is C9H9BrOS. The molecule has 0 aliphatic heterocycles. The van der Waals surface area contributed by atoms with Gasteiger partial charge in [0.15, 0.2) is 0 Å². The fraction of sp³-hybridized carbons (Fsp3) is 0.222. The largest absolute Gasteiger partial charge is 0.303 e. The molecule has 0 aromatic heterocycles. The molecule has 1 aromatic rings. The molecule has 0 fully saturated rings. The highest BCUT2D eigenvalue weighted by molar-refractivity contribution is 9.10. The SMILES string of the molecule is CSc1ccc(CC=O)cc1Br. The molecule has 12 heavy (non-hydrogen) atoms. The van der Waals surface area contributed by atoms with E-state index in [2.05, 4.69) is 15.9 Å². The Hall–Kier alpha value is -0.280. The molecule has 0 amide bonds. The Morgan fingerprint density at radius 1 is 1.58 bits per heavy atom. The lowest BCUT2D eigenvalue weighted by Crippen LogP contribution is -1.85. The summed E-state index contributed by atoms with van der Waals surface area (Å²) in [6.07, 6.45) is 3.44. The highest BCUT2D eigenvalue weighted by Gasteiger charge is 1.99. The van der Waals surface area contributed by atoms with E-state index in [1.54, 1.807) is 11.8 Å². The van der Waals surface area contributed by atoms with Gasteiger partial charge in [-0.15, -0.1) is 11.8 Å². The maximum Gasteiger partial charge on any atom is 0.124 e. The fourth-order valence-corrected chi connectivity index (χ4v) is 2.30. The second-order valence-electron chi connectivity index (χ2n) is 2.34. The molecule has 1 nitrogen and oxygen atoms in total. The van der Waals surface area contributed by atoms with Gasteiger partial charge in [0.2, 0.25) is 0 Å². The van der Waals surface area contributed by atoms with Crippen molar-refractivity contribution in [3.05, 3.63) is 28.2 Å². The Morgan fingerprint density at radius 2 is 2.33 bits per heavy atom. The predicted octanol–water partition coefficient (Wildman–Crippen LogP) is 2.91.